The van der Waals surface area contributed by atoms with E-state index in [9.17, 15) is 8.42 Å². The molecule has 1 aliphatic rings. The summed E-state index contributed by atoms with van der Waals surface area (Å²) in [5.41, 5.74) is 1.08. The van der Waals surface area contributed by atoms with Crippen molar-refractivity contribution in [2.75, 3.05) is 19.7 Å². The van der Waals surface area contributed by atoms with Crippen molar-refractivity contribution in [1.29, 1.82) is 0 Å². The molecule has 1 heterocycles. The van der Waals surface area contributed by atoms with Crippen LogP contribution in [0.25, 0.3) is 0 Å². The third-order valence-corrected chi connectivity index (χ3v) is 5.17. The highest BCUT2D eigenvalue weighted by Gasteiger charge is 2.20. The van der Waals surface area contributed by atoms with Crippen molar-refractivity contribution < 1.29 is 13.2 Å². The standard InChI is InChI=1S/C15H24N2O3S/c1-3-16-12(2)13-6-8-15(9-7-13)21(18,19)17-11-14-5-4-10-20-14/h6-9,12,14,16-17H,3-5,10-11H2,1-2H3. The summed E-state index contributed by atoms with van der Waals surface area (Å²) in [5, 5.41) is 3.30. The number of hydrogen-bond acceptors (Lipinski definition) is 4. The van der Waals surface area contributed by atoms with Crippen molar-refractivity contribution in [1.82, 2.24) is 10.0 Å². The molecule has 2 N–H and O–H groups in total. The van der Waals surface area contributed by atoms with Gasteiger partial charge in [0, 0.05) is 19.2 Å². The minimum absolute atomic E-state index is 0.00725. The quantitative estimate of drug-likeness (QED) is 0.806. The van der Waals surface area contributed by atoms with Gasteiger partial charge < -0.3 is 10.1 Å². The van der Waals surface area contributed by atoms with Crippen molar-refractivity contribution in [2.45, 2.75) is 43.7 Å². The molecule has 0 bridgehead atoms. The second kappa shape index (κ2) is 7.35. The maximum atomic E-state index is 12.2. The smallest absolute Gasteiger partial charge is 0.240 e. The lowest BCUT2D eigenvalue weighted by Crippen LogP contribution is -2.31. The Balaban J connectivity index is 1.99. The van der Waals surface area contributed by atoms with Crippen molar-refractivity contribution >= 4 is 10.0 Å². The van der Waals surface area contributed by atoms with Crippen LogP contribution in [0.5, 0.6) is 0 Å². The zero-order chi connectivity index (χ0) is 15.3. The lowest BCUT2D eigenvalue weighted by Gasteiger charge is -2.14. The molecule has 21 heavy (non-hydrogen) atoms. The van der Waals surface area contributed by atoms with Crippen LogP contribution in [0.15, 0.2) is 29.2 Å². The van der Waals surface area contributed by atoms with E-state index in [1.807, 2.05) is 19.1 Å². The van der Waals surface area contributed by atoms with E-state index in [0.29, 0.717) is 11.4 Å². The molecule has 118 valence electrons. The molecule has 6 heteroatoms. The summed E-state index contributed by atoms with van der Waals surface area (Å²) in [6, 6.07) is 7.23. The highest BCUT2D eigenvalue weighted by Crippen LogP contribution is 2.17. The first-order valence-electron chi connectivity index (χ1n) is 7.47. The average Bonchev–Trinajstić information content (AvgIpc) is 2.99. The number of ether oxygens (including phenoxy) is 1. The van der Waals surface area contributed by atoms with Crippen LogP contribution in [0.3, 0.4) is 0 Å². The van der Waals surface area contributed by atoms with Crippen LogP contribution in [-0.2, 0) is 14.8 Å². The summed E-state index contributed by atoms with van der Waals surface area (Å²) in [5.74, 6) is 0. The molecule has 2 atom stereocenters. The Morgan fingerprint density at radius 2 is 2.05 bits per heavy atom. The second-order valence-corrected chi connectivity index (χ2v) is 7.10. The van der Waals surface area contributed by atoms with Gasteiger partial charge in [0.15, 0.2) is 0 Å². The highest BCUT2D eigenvalue weighted by molar-refractivity contribution is 7.89. The lowest BCUT2D eigenvalue weighted by molar-refractivity contribution is 0.114. The van der Waals surface area contributed by atoms with Gasteiger partial charge in [-0.1, -0.05) is 19.1 Å². The molecular weight excluding hydrogens is 288 g/mol. The van der Waals surface area contributed by atoms with Crippen LogP contribution in [0.4, 0.5) is 0 Å². The topological polar surface area (TPSA) is 67.4 Å². The van der Waals surface area contributed by atoms with Crippen LogP contribution >= 0.6 is 0 Å². The van der Waals surface area contributed by atoms with Crippen LogP contribution < -0.4 is 10.0 Å². The maximum absolute atomic E-state index is 12.2. The van der Waals surface area contributed by atoms with Gasteiger partial charge in [-0.3, -0.25) is 0 Å². The Bertz CT molecular complexity index is 537. The number of nitrogens with one attached hydrogen (secondary N) is 2. The zero-order valence-electron chi connectivity index (χ0n) is 12.6. The van der Waals surface area contributed by atoms with Gasteiger partial charge in [-0.15, -0.1) is 0 Å². The summed E-state index contributed by atoms with van der Waals surface area (Å²) in [6.07, 6.45) is 1.93. The average molecular weight is 312 g/mol. The van der Waals surface area contributed by atoms with E-state index in [1.165, 1.54) is 0 Å². The molecule has 5 nitrogen and oxygen atoms in total. The number of sulfonamides is 1. The highest BCUT2D eigenvalue weighted by atomic mass is 32.2. The van der Waals surface area contributed by atoms with E-state index < -0.39 is 10.0 Å². The van der Waals surface area contributed by atoms with Gasteiger partial charge in [-0.05, 0) is 44.0 Å². The van der Waals surface area contributed by atoms with Crippen LogP contribution in [0, 0.1) is 0 Å². The normalized spacial score (nSPS) is 20.6. The maximum Gasteiger partial charge on any atom is 0.240 e. The van der Waals surface area contributed by atoms with Crippen molar-refractivity contribution in [3.63, 3.8) is 0 Å². The molecule has 2 unspecified atom stereocenters. The van der Waals surface area contributed by atoms with Gasteiger partial charge in [0.2, 0.25) is 10.0 Å². The number of hydrogen-bond donors (Lipinski definition) is 2. The summed E-state index contributed by atoms with van der Waals surface area (Å²) in [6.45, 7) is 6.05. The predicted molar refractivity (Wildman–Crippen MR) is 82.7 cm³/mol. The van der Waals surface area contributed by atoms with Crippen molar-refractivity contribution in [3.8, 4) is 0 Å². The molecule has 1 aromatic carbocycles. The summed E-state index contributed by atoms with van der Waals surface area (Å²) >= 11 is 0. The van der Waals surface area contributed by atoms with E-state index in [2.05, 4.69) is 17.0 Å². The monoisotopic (exact) mass is 312 g/mol. The van der Waals surface area contributed by atoms with E-state index >= 15 is 0 Å². The van der Waals surface area contributed by atoms with Crippen molar-refractivity contribution in [2.24, 2.45) is 0 Å². The molecule has 1 fully saturated rings. The Labute approximate surface area is 127 Å². The number of benzene rings is 1. The van der Waals surface area contributed by atoms with Gasteiger partial charge in [-0.2, -0.15) is 0 Å². The molecule has 0 amide bonds. The fourth-order valence-electron chi connectivity index (χ4n) is 2.45. The first-order chi connectivity index (χ1) is 10.0. The first-order valence-corrected chi connectivity index (χ1v) is 8.96. The summed E-state index contributed by atoms with van der Waals surface area (Å²) < 4.78 is 32.5. The molecule has 0 spiro atoms. The van der Waals surface area contributed by atoms with Crippen molar-refractivity contribution in [3.05, 3.63) is 29.8 Å². The van der Waals surface area contributed by atoms with E-state index in [0.717, 1.165) is 31.6 Å². The Kier molecular flexibility index (Phi) is 5.75. The minimum Gasteiger partial charge on any atom is -0.377 e. The SMILES string of the molecule is CCNC(C)c1ccc(S(=O)(=O)NCC2CCCO2)cc1. The van der Waals surface area contributed by atoms with Crippen LogP contribution in [-0.4, -0.2) is 34.2 Å². The second-order valence-electron chi connectivity index (χ2n) is 5.34. The summed E-state index contributed by atoms with van der Waals surface area (Å²) in [7, 11) is -3.45. The third kappa shape index (κ3) is 4.51. The molecule has 1 saturated heterocycles. The predicted octanol–water partition coefficient (Wildman–Crippen LogP) is 1.81. The fourth-order valence-corrected chi connectivity index (χ4v) is 3.52. The molecule has 0 radical (unpaired) electrons. The largest absolute Gasteiger partial charge is 0.377 e. The van der Waals surface area contributed by atoms with Crippen LogP contribution in [0.1, 0.15) is 38.3 Å². The molecule has 2 rings (SSSR count). The fraction of sp³-hybridized carbons (Fsp3) is 0.600. The van der Waals surface area contributed by atoms with Gasteiger partial charge in [0.1, 0.15) is 0 Å². The van der Waals surface area contributed by atoms with Crippen LogP contribution in [0.2, 0.25) is 0 Å². The molecule has 0 saturated carbocycles. The Hall–Kier alpha value is -0.950. The molecule has 1 aromatic rings. The number of rotatable bonds is 7. The Morgan fingerprint density at radius 1 is 1.33 bits per heavy atom. The molecular formula is C15H24N2O3S. The third-order valence-electron chi connectivity index (χ3n) is 3.73. The lowest BCUT2D eigenvalue weighted by atomic mass is 10.1. The first kappa shape index (κ1) is 16.4. The summed E-state index contributed by atoms with van der Waals surface area (Å²) in [4.78, 5) is 0.299. The van der Waals surface area contributed by atoms with Gasteiger partial charge >= 0.3 is 0 Å². The minimum atomic E-state index is -3.45. The van der Waals surface area contributed by atoms with Gasteiger partial charge in [-0.25, -0.2) is 13.1 Å². The zero-order valence-corrected chi connectivity index (χ0v) is 13.4. The molecule has 0 aromatic heterocycles. The van der Waals surface area contributed by atoms with E-state index in [-0.39, 0.29) is 12.1 Å². The van der Waals surface area contributed by atoms with E-state index in [1.54, 1.807) is 12.1 Å². The molecule has 0 aliphatic carbocycles. The van der Waals surface area contributed by atoms with Gasteiger partial charge in [0.05, 0.1) is 11.0 Å². The van der Waals surface area contributed by atoms with Gasteiger partial charge in [0.25, 0.3) is 0 Å². The molecule has 1 aliphatic heterocycles. The van der Waals surface area contributed by atoms with E-state index in [4.69, 9.17) is 4.74 Å². The Morgan fingerprint density at radius 3 is 2.62 bits per heavy atom.